The number of fused-ring (bicyclic) bond motifs is 3. The second kappa shape index (κ2) is 10.6. The molecule has 0 bridgehead atoms. The van der Waals surface area contributed by atoms with Crippen molar-refractivity contribution in [2.24, 2.45) is 5.10 Å². The number of ether oxygens (including phenoxy) is 1. The maximum Gasteiger partial charge on any atom is 0.267 e. The van der Waals surface area contributed by atoms with Gasteiger partial charge in [0, 0.05) is 22.8 Å². The number of nitrogens with one attached hydrogen (secondary N) is 1. The Hall–Kier alpha value is -3.50. The number of benzene rings is 1. The lowest BCUT2D eigenvalue weighted by Crippen LogP contribution is -2.24. The number of carbonyl (C=O) groups excluding carboxylic acids is 1. The van der Waals surface area contributed by atoms with Gasteiger partial charge < -0.3 is 4.74 Å². The van der Waals surface area contributed by atoms with Gasteiger partial charge in [-0.2, -0.15) is 5.10 Å². The number of nitrogens with zero attached hydrogens (tertiary/aromatic N) is 4. The van der Waals surface area contributed by atoms with Crippen LogP contribution in [0.1, 0.15) is 36.3 Å². The predicted molar refractivity (Wildman–Crippen MR) is 144 cm³/mol. The zero-order valence-electron chi connectivity index (χ0n) is 20.0. The minimum Gasteiger partial charge on any atom is -0.494 e. The van der Waals surface area contributed by atoms with Crippen LogP contribution in [0.3, 0.4) is 0 Å². The Balaban J connectivity index is 1.44. The molecule has 0 atom stereocenters. The number of thioether (sulfide) groups is 1. The van der Waals surface area contributed by atoms with Gasteiger partial charge in [-0.3, -0.25) is 19.1 Å². The molecule has 0 saturated heterocycles. The number of pyridine rings is 1. The number of aryl methyl sites for hydroxylation is 2. The molecule has 3 aromatic heterocycles. The van der Waals surface area contributed by atoms with Gasteiger partial charge in [0.05, 0.1) is 29.1 Å². The van der Waals surface area contributed by atoms with Crippen LogP contribution in [0.15, 0.2) is 63.8 Å². The highest BCUT2D eigenvalue weighted by Crippen LogP contribution is 2.36. The quantitative estimate of drug-likeness (QED) is 0.161. The van der Waals surface area contributed by atoms with Crippen LogP contribution in [0, 0.1) is 0 Å². The van der Waals surface area contributed by atoms with E-state index >= 15 is 0 Å². The maximum atomic E-state index is 13.8. The van der Waals surface area contributed by atoms with Crippen molar-refractivity contribution >= 4 is 44.9 Å². The minimum absolute atomic E-state index is 0.0627. The van der Waals surface area contributed by atoms with Crippen molar-refractivity contribution in [1.82, 2.24) is 20.0 Å². The lowest BCUT2D eigenvalue weighted by Gasteiger charge is -2.13. The summed E-state index contributed by atoms with van der Waals surface area (Å²) in [6.07, 6.45) is 6.30. The molecule has 0 fully saturated rings. The lowest BCUT2D eigenvalue weighted by molar-refractivity contribution is -0.118. The third-order valence-corrected chi connectivity index (χ3v) is 8.02. The van der Waals surface area contributed by atoms with E-state index in [4.69, 9.17) is 9.72 Å². The number of aromatic nitrogens is 3. The van der Waals surface area contributed by atoms with Gasteiger partial charge in [-0.1, -0.05) is 11.8 Å². The Labute approximate surface area is 216 Å². The molecule has 0 spiro atoms. The van der Waals surface area contributed by atoms with E-state index in [0.717, 1.165) is 41.0 Å². The van der Waals surface area contributed by atoms with Crippen LogP contribution in [0.4, 0.5) is 0 Å². The average Bonchev–Trinajstić information content (AvgIpc) is 3.48. The van der Waals surface area contributed by atoms with Crippen LogP contribution in [0.5, 0.6) is 5.75 Å². The highest BCUT2D eigenvalue weighted by atomic mass is 32.2. The molecule has 8 nitrogen and oxygen atoms in total. The molecule has 4 aromatic rings. The smallest absolute Gasteiger partial charge is 0.267 e. The molecule has 184 valence electrons. The van der Waals surface area contributed by atoms with Gasteiger partial charge >= 0.3 is 0 Å². The maximum absolute atomic E-state index is 13.8. The fourth-order valence-electron chi connectivity index (χ4n) is 4.17. The summed E-state index contributed by atoms with van der Waals surface area (Å²) in [4.78, 5) is 37.2. The summed E-state index contributed by atoms with van der Waals surface area (Å²) in [5, 5.41) is 5.37. The van der Waals surface area contributed by atoms with Crippen molar-refractivity contribution < 1.29 is 9.53 Å². The predicted octanol–water partition coefficient (Wildman–Crippen LogP) is 4.36. The monoisotopic (exact) mass is 519 g/mol. The van der Waals surface area contributed by atoms with Crippen LogP contribution < -0.4 is 15.7 Å². The van der Waals surface area contributed by atoms with E-state index in [1.807, 2.05) is 50.2 Å². The van der Waals surface area contributed by atoms with E-state index in [-0.39, 0.29) is 17.2 Å². The van der Waals surface area contributed by atoms with Gasteiger partial charge in [-0.05, 0) is 75.1 Å². The number of carbonyl (C=O) groups is 1. The first-order chi connectivity index (χ1) is 17.5. The molecule has 3 heterocycles. The molecule has 1 N–H and O–H groups in total. The highest BCUT2D eigenvalue weighted by molar-refractivity contribution is 7.99. The number of thiophene rings is 1. The average molecular weight is 520 g/mol. The summed E-state index contributed by atoms with van der Waals surface area (Å²) in [6.45, 7) is 4.31. The third kappa shape index (κ3) is 4.91. The summed E-state index contributed by atoms with van der Waals surface area (Å²) >= 11 is 2.81. The Morgan fingerprint density at radius 3 is 2.72 bits per heavy atom. The summed E-state index contributed by atoms with van der Waals surface area (Å²) < 4.78 is 7.16. The topological polar surface area (TPSA) is 98.5 Å². The van der Waals surface area contributed by atoms with E-state index in [0.29, 0.717) is 28.5 Å². The molecule has 1 aromatic carbocycles. The van der Waals surface area contributed by atoms with E-state index in [1.54, 1.807) is 28.3 Å². The fraction of sp³-hybridized carbons (Fsp3) is 0.269. The summed E-state index contributed by atoms with van der Waals surface area (Å²) in [5.41, 5.74) is 5.86. The van der Waals surface area contributed by atoms with Crippen LogP contribution in [0.2, 0.25) is 0 Å². The van der Waals surface area contributed by atoms with Gasteiger partial charge in [-0.25, -0.2) is 10.4 Å². The molecule has 5 rings (SSSR count). The highest BCUT2D eigenvalue weighted by Gasteiger charge is 2.24. The van der Waals surface area contributed by atoms with Crippen LogP contribution >= 0.6 is 23.1 Å². The first kappa shape index (κ1) is 24.2. The van der Waals surface area contributed by atoms with Crippen LogP contribution in [-0.4, -0.2) is 38.5 Å². The number of hydrogen-bond acceptors (Lipinski definition) is 8. The third-order valence-electron chi connectivity index (χ3n) is 5.89. The zero-order chi connectivity index (χ0) is 25.1. The molecule has 0 unspecified atom stereocenters. The summed E-state index contributed by atoms with van der Waals surface area (Å²) in [5.74, 6) is 0.512. The van der Waals surface area contributed by atoms with E-state index in [9.17, 15) is 9.59 Å². The Kier molecular flexibility index (Phi) is 7.15. The summed E-state index contributed by atoms with van der Waals surface area (Å²) in [7, 11) is 0. The molecule has 1 amide bonds. The fourth-order valence-corrected chi connectivity index (χ4v) is 6.28. The Bertz CT molecular complexity index is 1490. The molecule has 0 saturated carbocycles. The van der Waals surface area contributed by atoms with Crippen molar-refractivity contribution in [3.8, 4) is 11.4 Å². The standard InChI is InChI=1S/C26H25N5O3S2/c1-3-34-19-9-7-18(8-10-19)31-25(33)23-20-5-4-6-21(20)36-24(23)28-26(31)35-15-22(32)30-29-16(2)17-11-13-27-14-12-17/h7-14H,3-6,15H2,1-2H3,(H,30,32). The van der Waals surface area contributed by atoms with Gasteiger partial charge in [0.25, 0.3) is 11.5 Å². The number of hydrogen-bond donors (Lipinski definition) is 1. The van der Waals surface area contributed by atoms with Crippen molar-refractivity contribution in [3.63, 3.8) is 0 Å². The molecule has 0 aliphatic heterocycles. The van der Waals surface area contributed by atoms with E-state index in [2.05, 4.69) is 15.5 Å². The largest absolute Gasteiger partial charge is 0.494 e. The van der Waals surface area contributed by atoms with E-state index < -0.39 is 0 Å². The molecule has 36 heavy (non-hydrogen) atoms. The minimum atomic E-state index is -0.283. The van der Waals surface area contributed by atoms with Gasteiger partial charge in [0.1, 0.15) is 10.6 Å². The lowest BCUT2D eigenvalue weighted by atomic mass is 10.2. The van der Waals surface area contributed by atoms with Crippen LogP contribution in [-0.2, 0) is 17.6 Å². The normalized spacial score (nSPS) is 13.1. The molecule has 1 aliphatic rings. The zero-order valence-corrected chi connectivity index (χ0v) is 21.6. The molecular formula is C26H25N5O3S2. The van der Waals surface area contributed by atoms with Crippen molar-refractivity contribution in [1.29, 1.82) is 0 Å². The first-order valence-electron chi connectivity index (χ1n) is 11.7. The van der Waals surface area contributed by atoms with E-state index in [1.165, 1.54) is 16.6 Å². The van der Waals surface area contributed by atoms with Crippen molar-refractivity contribution in [2.45, 2.75) is 38.3 Å². The van der Waals surface area contributed by atoms with Gasteiger partial charge in [0.2, 0.25) is 0 Å². The number of amides is 1. The Morgan fingerprint density at radius 1 is 1.19 bits per heavy atom. The Morgan fingerprint density at radius 2 is 1.97 bits per heavy atom. The number of rotatable bonds is 8. The number of hydrazone groups is 1. The van der Waals surface area contributed by atoms with Gasteiger partial charge in [0.15, 0.2) is 5.16 Å². The van der Waals surface area contributed by atoms with Crippen LogP contribution in [0.25, 0.3) is 15.9 Å². The van der Waals surface area contributed by atoms with Crippen molar-refractivity contribution in [2.75, 3.05) is 12.4 Å². The molecular weight excluding hydrogens is 494 g/mol. The first-order valence-corrected chi connectivity index (χ1v) is 13.5. The second-order valence-electron chi connectivity index (χ2n) is 8.26. The van der Waals surface area contributed by atoms with Crippen molar-refractivity contribution in [3.05, 3.63) is 75.1 Å². The summed E-state index contributed by atoms with van der Waals surface area (Å²) in [6, 6.07) is 11.0. The molecule has 10 heteroatoms. The molecule has 0 radical (unpaired) electrons. The molecule has 1 aliphatic carbocycles. The second-order valence-corrected chi connectivity index (χ2v) is 10.3. The van der Waals surface area contributed by atoms with Gasteiger partial charge in [-0.15, -0.1) is 11.3 Å². The SMILES string of the molecule is CCOc1ccc(-n2c(SCC(=O)NN=C(C)c3ccncc3)nc3sc4c(c3c2=O)CCC4)cc1.